The largest absolute Gasteiger partial charge is 0.481 e. The molecule has 0 saturated carbocycles. The van der Waals surface area contributed by atoms with Gasteiger partial charge in [0.05, 0.1) is 22.9 Å². The minimum Gasteiger partial charge on any atom is -0.481 e. The second kappa shape index (κ2) is 17.1. The summed E-state index contributed by atoms with van der Waals surface area (Å²) in [6.45, 7) is 0. The van der Waals surface area contributed by atoms with E-state index in [1.54, 1.807) is 18.2 Å². The zero-order valence-electron chi connectivity index (χ0n) is 28.4. The van der Waals surface area contributed by atoms with Crippen LogP contribution in [-0.4, -0.2) is 28.6 Å². The maximum Gasteiger partial charge on any atom is 0.312 e. The molecule has 282 valence electrons. The average molecular weight is 820 g/mol. The van der Waals surface area contributed by atoms with Gasteiger partial charge < -0.3 is 19.3 Å². The van der Waals surface area contributed by atoms with Crippen LogP contribution in [0, 0.1) is 17.5 Å². The van der Waals surface area contributed by atoms with Crippen LogP contribution in [0.25, 0.3) is 0 Å². The van der Waals surface area contributed by atoms with E-state index in [9.17, 15) is 28.7 Å². The first-order valence-corrected chi connectivity index (χ1v) is 17.5. The normalized spacial score (nSPS) is 11.4. The van der Waals surface area contributed by atoms with Gasteiger partial charge in [-0.05, 0) is 78.4 Å². The van der Waals surface area contributed by atoms with Crippen molar-refractivity contribution in [3.63, 3.8) is 0 Å². The Kier molecular flexibility index (Phi) is 12.1. The maximum atomic E-state index is 15.0. The summed E-state index contributed by atoms with van der Waals surface area (Å²) >= 11 is 18.9. The van der Waals surface area contributed by atoms with E-state index in [0.717, 1.165) is 24.3 Å². The molecule has 56 heavy (non-hydrogen) atoms. The predicted molar refractivity (Wildman–Crippen MR) is 201 cm³/mol. The number of carboxylic acids is 1. The molecule has 0 radical (unpaired) electrons. The molecule has 0 aliphatic carbocycles. The molecule has 0 amide bonds. The summed E-state index contributed by atoms with van der Waals surface area (Å²) in [5, 5.41) is 10.2. The molecule has 0 bridgehead atoms. The lowest BCUT2D eigenvalue weighted by Crippen LogP contribution is -2.19. The molecule has 14 heteroatoms. The van der Waals surface area contributed by atoms with E-state index < -0.39 is 58.9 Å². The number of benzene rings is 6. The molecule has 6 aromatic carbocycles. The molecule has 0 spiro atoms. The number of aliphatic carboxylic acids is 1. The molecule has 0 heterocycles. The Balaban J connectivity index is 1.14. The Bertz CT molecular complexity index is 2470. The molecule has 0 aliphatic heterocycles. The molecule has 1 atom stereocenters. The highest BCUT2D eigenvalue weighted by Crippen LogP contribution is 2.36. The van der Waals surface area contributed by atoms with E-state index in [0.29, 0.717) is 0 Å². The summed E-state index contributed by atoms with van der Waals surface area (Å²) < 4.78 is 60.1. The molecule has 0 aromatic heterocycles. The number of halogens is 6. The molecule has 0 saturated heterocycles. The maximum absolute atomic E-state index is 15.0. The molecule has 0 fully saturated rings. The van der Waals surface area contributed by atoms with E-state index >= 15 is 8.78 Å². The van der Waals surface area contributed by atoms with Gasteiger partial charge in [-0.15, -0.1) is 0 Å². The van der Waals surface area contributed by atoms with Gasteiger partial charge in [-0.2, -0.15) is 0 Å². The number of rotatable bonds is 13. The number of carboxylic acid groups (broad SMARTS) is 1. The zero-order chi connectivity index (χ0) is 40.1. The van der Waals surface area contributed by atoms with Crippen LogP contribution in [0.4, 0.5) is 13.2 Å². The Morgan fingerprint density at radius 2 is 1.16 bits per heavy atom. The van der Waals surface area contributed by atoms with Crippen molar-refractivity contribution in [3.05, 3.63) is 182 Å². The van der Waals surface area contributed by atoms with Crippen LogP contribution < -0.4 is 14.2 Å². The van der Waals surface area contributed by atoms with E-state index in [2.05, 4.69) is 0 Å². The van der Waals surface area contributed by atoms with Crippen LogP contribution in [-0.2, 0) is 9.59 Å². The van der Waals surface area contributed by atoms with Gasteiger partial charge in [0.15, 0.2) is 11.6 Å². The lowest BCUT2D eigenvalue weighted by Gasteiger charge is -2.16. The number of carbonyl (C=O) groups excluding carboxylic acids is 3. The first-order chi connectivity index (χ1) is 26.7. The predicted octanol–water partition coefficient (Wildman–Crippen LogP) is 11.3. The van der Waals surface area contributed by atoms with Crippen molar-refractivity contribution in [2.24, 2.45) is 0 Å². The van der Waals surface area contributed by atoms with Crippen LogP contribution in [0.5, 0.6) is 28.7 Å². The molecule has 8 nitrogen and oxygen atoms in total. The summed E-state index contributed by atoms with van der Waals surface area (Å²) in [5.74, 6) is -8.44. The third-order valence-corrected chi connectivity index (χ3v) is 8.82. The lowest BCUT2D eigenvalue weighted by molar-refractivity contribution is -0.144. The van der Waals surface area contributed by atoms with Crippen LogP contribution in [0.3, 0.4) is 0 Å². The highest BCUT2D eigenvalue weighted by atomic mass is 35.5. The molecular formula is C42H24Cl3F3O8. The van der Waals surface area contributed by atoms with Crippen molar-refractivity contribution < 1.29 is 51.7 Å². The highest BCUT2D eigenvalue weighted by Gasteiger charge is 2.27. The lowest BCUT2D eigenvalue weighted by atomic mass is 9.95. The van der Waals surface area contributed by atoms with Crippen LogP contribution in [0.2, 0.25) is 15.1 Å². The fraction of sp³-hybridized carbons (Fsp3) is 0.0476. The highest BCUT2D eigenvalue weighted by molar-refractivity contribution is 6.33. The van der Waals surface area contributed by atoms with E-state index in [4.69, 9.17) is 49.0 Å². The zero-order valence-corrected chi connectivity index (χ0v) is 30.7. The first kappa shape index (κ1) is 39.6. The van der Waals surface area contributed by atoms with Crippen LogP contribution in [0.1, 0.15) is 49.7 Å². The number of hydrogen-bond donors (Lipinski definition) is 1. The third kappa shape index (κ3) is 9.56. The summed E-state index contributed by atoms with van der Waals surface area (Å²) in [5.41, 5.74) is -0.240. The third-order valence-electron chi connectivity index (χ3n) is 8.08. The molecule has 1 N–H and O–H groups in total. The molecule has 1 unspecified atom stereocenters. The molecule has 0 aliphatic rings. The van der Waals surface area contributed by atoms with Crippen molar-refractivity contribution in [1.29, 1.82) is 0 Å². The fourth-order valence-corrected chi connectivity index (χ4v) is 6.17. The summed E-state index contributed by atoms with van der Waals surface area (Å²) in [7, 11) is 0. The SMILES string of the molecule is O=C(CC(C(=O)O)c1cc(Cl)cc(Oc2cc(F)c(C(=O)c3ccccc3)c(F)c2)c1)Oc1cc(Cl)cc(Oc2ccc(C(=O)c3ccc(F)cc3)cc2Cl)c1. The first-order valence-electron chi connectivity index (χ1n) is 16.3. The van der Waals surface area contributed by atoms with Crippen LogP contribution in [0.15, 0.2) is 121 Å². The minimum absolute atomic E-state index is 0.000107. The van der Waals surface area contributed by atoms with Gasteiger partial charge in [0.2, 0.25) is 0 Å². The van der Waals surface area contributed by atoms with Crippen molar-refractivity contribution in [2.45, 2.75) is 12.3 Å². The number of esters is 1. The smallest absolute Gasteiger partial charge is 0.312 e. The monoisotopic (exact) mass is 818 g/mol. The fourth-order valence-electron chi connectivity index (χ4n) is 5.50. The van der Waals surface area contributed by atoms with Gasteiger partial charge in [0.1, 0.15) is 46.2 Å². The quantitative estimate of drug-likeness (QED) is 0.0695. The summed E-state index contributed by atoms with van der Waals surface area (Å²) in [4.78, 5) is 51.0. The van der Waals surface area contributed by atoms with Gasteiger partial charge in [-0.3, -0.25) is 19.2 Å². The minimum atomic E-state index is -1.52. The summed E-state index contributed by atoms with van der Waals surface area (Å²) in [6.07, 6.45) is -0.702. The second-order valence-electron chi connectivity index (χ2n) is 12.1. The summed E-state index contributed by atoms with van der Waals surface area (Å²) in [6, 6.07) is 26.2. The molecule has 6 aromatic rings. The number of ether oxygens (including phenoxy) is 3. The molecule has 6 rings (SSSR count). The van der Waals surface area contributed by atoms with E-state index in [1.807, 2.05) is 0 Å². The standard InChI is InChI=1S/C42H24Cl3F3O8/c43-26-12-25(13-29(15-26)54-32-19-35(47)39(36(48)20-32)41(51)22-4-2-1-3-5-22)33(42(52)53)21-38(49)56-31-17-27(44)16-30(18-31)55-37-11-8-24(14-34(37)45)40(50)23-6-9-28(46)10-7-23/h1-20,33H,21H2,(H,52,53). The number of ketones is 2. The van der Waals surface area contributed by atoms with Crippen molar-refractivity contribution in [3.8, 4) is 28.7 Å². The Labute approximate surface area is 331 Å². The second-order valence-corrected chi connectivity index (χ2v) is 13.3. The number of hydrogen-bond acceptors (Lipinski definition) is 7. The average Bonchev–Trinajstić information content (AvgIpc) is 3.14. The van der Waals surface area contributed by atoms with E-state index in [-0.39, 0.29) is 66.1 Å². The Hall–Kier alpha value is -6.14. The van der Waals surface area contributed by atoms with Crippen molar-refractivity contribution in [1.82, 2.24) is 0 Å². The van der Waals surface area contributed by atoms with Gasteiger partial charge in [-0.1, -0.05) is 65.1 Å². The van der Waals surface area contributed by atoms with Gasteiger partial charge in [0.25, 0.3) is 0 Å². The van der Waals surface area contributed by atoms with E-state index in [1.165, 1.54) is 78.9 Å². The number of carbonyl (C=O) groups is 4. The Morgan fingerprint density at radius 3 is 1.80 bits per heavy atom. The van der Waals surface area contributed by atoms with Crippen molar-refractivity contribution >= 4 is 58.3 Å². The van der Waals surface area contributed by atoms with Gasteiger partial charge in [-0.25, -0.2) is 13.2 Å². The Morgan fingerprint density at radius 1 is 0.589 bits per heavy atom. The van der Waals surface area contributed by atoms with Gasteiger partial charge in [0, 0.05) is 44.9 Å². The topological polar surface area (TPSA) is 116 Å². The molecular weight excluding hydrogens is 796 g/mol. The van der Waals surface area contributed by atoms with Crippen molar-refractivity contribution in [2.75, 3.05) is 0 Å². The van der Waals surface area contributed by atoms with Crippen LogP contribution >= 0.6 is 34.8 Å². The van der Waals surface area contributed by atoms with Gasteiger partial charge >= 0.3 is 11.9 Å².